The maximum absolute atomic E-state index is 12.4. The van der Waals surface area contributed by atoms with E-state index >= 15 is 0 Å². The van der Waals surface area contributed by atoms with Crippen LogP contribution >= 0.6 is 11.3 Å². The van der Waals surface area contributed by atoms with Crippen LogP contribution in [-0.2, 0) is 6.42 Å². The number of hydrogen-bond donors (Lipinski definition) is 1. The second kappa shape index (κ2) is 9.70. The van der Waals surface area contributed by atoms with Crippen molar-refractivity contribution in [1.29, 1.82) is 0 Å². The number of methoxy groups -OCH3 is 2. The number of para-hydroxylation sites is 1. The number of amides is 1. The minimum atomic E-state index is -0.281. The van der Waals surface area contributed by atoms with E-state index in [4.69, 9.17) is 14.2 Å². The zero-order valence-corrected chi connectivity index (χ0v) is 16.5. The second-order valence-electron chi connectivity index (χ2n) is 5.79. The van der Waals surface area contributed by atoms with Crippen molar-refractivity contribution >= 4 is 22.4 Å². The number of carbonyl (C=O) groups excluding carboxylic acids is 1. The Labute approximate surface area is 167 Å². The number of aryl methyl sites for hydroxylation is 1. The van der Waals surface area contributed by atoms with E-state index in [1.54, 1.807) is 25.3 Å². The van der Waals surface area contributed by atoms with Crippen LogP contribution in [0.5, 0.6) is 17.2 Å². The molecule has 0 fully saturated rings. The highest BCUT2D eigenvalue weighted by Gasteiger charge is 2.13. The lowest BCUT2D eigenvalue weighted by atomic mass is 10.2. The molecule has 0 spiro atoms. The van der Waals surface area contributed by atoms with Gasteiger partial charge in [-0.3, -0.25) is 10.1 Å². The van der Waals surface area contributed by atoms with Crippen molar-refractivity contribution in [2.75, 3.05) is 26.1 Å². The Morgan fingerprint density at radius 2 is 1.82 bits per heavy atom. The molecule has 3 aromatic rings. The number of rotatable bonds is 9. The lowest BCUT2D eigenvalue weighted by Crippen LogP contribution is -2.12. The molecule has 0 radical (unpaired) electrons. The maximum atomic E-state index is 12.4. The molecule has 1 aromatic heterocycles. The van der Waals surface area contributed by atoms with Crippen molar-refractivity contribution in [2.24, 2.45) is 0 Å². The van der Waals surface area contributed by atoms with Gasteiger partial charge in [-0.2, -0.15) is 0 Å². The van der Waals surface area contributed by atoms with Crippen molar-refractivity contribution in [3.63, 3.8) is 0 Å². The highest BCUT2D eigenvalue weighted by molar-refractivity contribution is 7.15. The first-order valence-corrected chi connectivity index (χ1v) is 9.55. The molecule has 1 heterocycles. The molecular formula is C20H21N3O4S. The quantitative estimate of drug-likeness (QED) is 0.551. The van der Waals surface area contributed by atoms with E-state index in [0.29, 0.717) is 28.8 Å². The van der Waals surface area contributed by atoms with Gasteiger partial charge in [-0.25, -0.2) is 0 Å². The van der Waals surface area contributed by atoms with Crippen LogP contribution in [0.3, 0.4) is 0 Å². The highest BCUT2D eigenvalue weighted by Crippen LogP contribution is 2.28. The number of ether oxygens (including phenoxy) is 3. The van der Waals surface area contributed by atoms with E-state index in [0.717, 1.165) is 23.6 Å². The Morgan fingerprint density at radius 1 is 1.04 bits per heavy atom. The number of nitrogens with zero attached hydrogens (tertiary/aromatic N) is 2. The van der Waals surface area contributed by atoms with Gasteiger partial charge in [0.2, 0.25) is 5.13 Å². The molecular weight excluding hydrogens is 378 g/mol. The van der Waals surface area contributed by atoms with Crippen LogP contribution < -0.4 is 19.5 Å². The minimum absolute atomic E-state index is 0.281. The van der Waals surface area contributed by atoms with Gasteiger partial charge < -0.3 is 14.2 Å². The third-order valence-electron chi connectivity index (χ3n) is 3.88. The van der Waals surface area contributed by atoms with Crippen LogP contribution in [0.4, 0.5) is 5.13 Å². The van der Waals surface area contributed by atoms with Crippen molar-refractivity contribution in [3.05, 3.63) is 59.1 Å². The largest absolute Gasteiger partial charge is 0.494 e. The van der Waals surface area contributed by atoms with Gasteiger partial charge in [-0.15, -0.1) is 10.2 Å². The molecule has 1 amide bonds. The van der Waals surface area contributed by atoms with E-state index in [1.807, 2.05) is 30.3 Å². The summed E-state index contributed by atoms with van der Waals surface area (Å²) in [5, 5.41) is 12.2. The smallest absolute Gasteiger partial charge is 0.257 e. The van der Waals surface area contributed by atoms with Gasteiger partial charge in [-0.1, -0.05) is 29.5 Å². The van der Waals surface area contributed by atoms with Crippen LogP contribution in [0.15, 0.2) is 48.5 Å². The lowest BCUT2D eigenvalue weighted by molar-refractivity contribution is 0.102. The van der Waals surface area contributed by atoms with E-state index in [9.17, 15) is 4.79 Å². The second-order valence-corrected chi connectivity index (χ2v) is 6.85. The number of carbonyl (C=O) groups is 1. The number of anilines is 1. The maximum Gasteiger partial charge on any atom is 0.257 e. The zero-order valence-electron chi connectivity index (χ0n) is 15.7. The Morgan fingerprint density at radius 3 is 2.57 bits per heavy atom. The Bertz CT molecular complexity index is 915. The fourth-order valence-electron chi connectivity index (χ4n) is 2.48. The van der Waals surface area contributed by atoms with Gasteiger partial charge in [0, 0.05) is 12.0 Å². The number of benzene rings is 2. The number of nitrogens with one attached hydrogen (secondary N) is 1. The molecule has 0 bridgehead atoms. The summed E-state index contributed by atoms with van der Waals surface area (Å²) in [4.78, 5) is 12.4. The molecule has 3 rings (SSSR count). The normalized spacial score (nSPS) is 10.4. The van der Waals surface area contributed by atoms with Crippen molar-refractivity contribution in [1.82, 2.24) is 10.2 Å². The van der Waals surface area contributed by atoms with E-state index < -0.39 is 0 Å². The molecule has 0 aliphatic rings. The Kier molecular flexibility index (Phi) is 6.80. The standard InChI is InChI=1S/C20H21N3O4S/c1-25-16-11-10-14(13-17(16)26-2)19(24)21-20-23-22-18(28-20)9-6-12-27-15-7-4-3-5-8-15/h3-5,7-8,10-11,13H,6,9,12H2,1-2H3,(H,21,23,24). The molecule has 7 nitrogen and oxygen atoms in total. The molecule has 0 atom stereocenters. The summed E-state index contributed by atoms with van der Waals surface area (Å²) in [5.74, 6) is 1.63. The summed E-state index contributed by atoms with van der Waals surface area (Å²) in [6, 6.07) is 14.6. The van der Waals surface area contributed by atoms with Crippen LogP contribution in [0.25, 0.3) is 0 Å². The lowest BCUT2D eigenvalue weighted by Gasteiger charge is -2.08. The van der Waals surface area contributed by atoms with Crippen molar-refractivity contribution in [2.45, 2.75) is 12.8 Å². The first kappa shape index (κ1) is 19.6. The molecule has 0 saturated heterocycles. The van der Waals surface area contributed by atoms with E-state index in [1.165, 1.54) is 18.4 Å². The summed E-state index contributed by atoms with van der Waals surface area (Å²) in [5.41, 5.74) is 0.450. The minimum Gasteiger partial charge on any atom is -0.494 e. The molecule has 0 unspecified atom stereocenters. The van der Waals surface area contributed by atoms with Gasteiger partial charge >= 0.3 is 0 Å². The predicted octanol–water partition coefficient (Wildman–Crippen LogP) is 3.82. The average Bonchev–Trinajstić information content (AvgIpc) is 3.18. The van der Waals surface area contributed by atoms with E-state index in [-0.39, 0.29) is 5.91 Å². The molecule has 2 aromatic carbocycles. The van der Waals surface area contributed by atoms with Crippen LogP contribution in [0, 0.1) is 0 Å². The SMILES string of the molecule is COc1ccc(C(=O)Nc2nnc(CCCOc3ccccc3)s2)cc1OC. The van der Waals surface area contributed by atoms with Crippen molar-refractivity contribution < 1.29 is 19.0 Å². The Balaban J connectivity index is 1.50. The fraction of sp³-hybridized carbons (Fsp3) is 0.250. The van der Waals surface area contributed by atoms with Crippen LogP contribution in [0.2, 0.25) is 0 Å². The third-order valence-corrected chi connectivity index (χ3v) is 4.78. The first-order chi connectivity index (χ1) is 13.7. The summed E-state index contributed by atoms with van der Waals surface area (Å²) in [6.07, 6.45) is 1.55. The summed E-state index contributed by atoms with van der Waals surface area (Å²) >= 11 is 1.35. The van der Waals surface area contributed by atoms with Gasteiger partial charge in [0.1, 0.15) is 10.8 Å². The number of aromatic nitrogens is 2. The highest BCUT2D eigenvalue weighted by atomic mass is 32.1. The van der Waals surface area contributed by atoms with Crippen molar-refractivity contribution in [3.8, 4) is 17.2 Å². The topological polar surface area (TPSA) is 82.6 Å². The molecule has 1 N–H and O–H groups in total. The molecule has 8 heteroatoms. The Hall–Kier alpha value is -3.13. The van der Waals surface area contributed by atoms with E-state index in [2.05, 4.69) is 15.5 Å². The average molecular weight is 399 g/mol. The monoisotopic (exact) mass is 399 g/mol. The zero-order chi connectivity index (χ0) is 19.8. The summed E-state index contributed by atoms with van der Waals surface area (Å²) in [7, 11) is 3.07. The molecule has 0 aliphatic carbocycles. The van der Waals surface area contributed by atoms with Crippen LogP contribution in [-0.4, -0.2) is 36.9 Å². The number of hydrogen-bond acceptors (Lipinski definition) is 7. The molecule has 28 heavy (non-hydrogen) atoms. The summed E-state index contributed by atoms with van der Waals surface area (Å²) < 4.78 is 16.1. The van der Waals surface area contributed by atoms with Gasteiger partial charge in [0.25, 0.3) is 5.91 Å². The van der Waals surface area contributed by atoms with Gasteiger partial charge in [-0.05, 0) is 36.8 Å². The summed E-state index contributed by atoms with van der Waals surface area (Å²) in [6.45, 7) is 0.594. The molecule has 0 saturated carbocycles. The fourth-order valence-corrected chi connectivity index (χ4v) is 3.26. The molecule has 146 valence electrons. The third kappa shape index (κ3) is 5.20. The van der Waals surface area contributed by atoms with Gasteiger partial charge in [0.05, 0.1) is 20.8 Å². The predicted molar refractivity (Wildman–Crippen MR) is 108 cm³/mol. The molecule has 0 aliphatic heterocycles. The van der Waals surface area contributed by atoms with Gasteiger partial charge in [0.15, 0.2) is 11.5 Å². The first-order valence-electron chi connectivity index (χ1n) is 8.73. The van der Waals surface area contributed by atoms with Crippen LogP contribution in [0.1, 0.15) is 21.8 Å².